The molecule has 7 nitrogen and oxygen atoms in total. The summed E-state index contributed by atoms with van der Waals surface area (Å²) < 4.78 is 0. The first-order valence-electron chi connectivity index (χ1n) is 7.02. The standard InChI is InChI=1S/C14H27N3O4/c1-8(2)7-15-11(18)9(3)16-13(21)17-10(12(19)20)14(4,5)6/h8-10H,7H2,1-6H3,(H,15,18)(H,19,20)(H2,16,17,21)/t9?,10-/m1/s1. The van der Waals surface area contributed by atoms with Crippen LogP contribution in [0, 0.1) is 11.3 Å². The molecule has 0 aliphatic heterocycles. The van der Waals surface area contributed by atoms with Crippen molar-refractivity contribution in [2.45, 2.75) is 53.6 Å². The van der Waals surface area contributed by atoms with E-state index in [1.54, 1.807) is 27.7 Å². The molecule has 0 aliphatic carbocycles. The number of carbonyl (C=O) groups is 3. The van der Waals surface area contributed by atoms with E-state index in [4.69, 9.17) is 5.11 Å². The van der Waals surface area contributed by atoms with Gasteiger partial charge in [-0.1, -0.05) is 34.6 Å². The van der Waals surface area contributed by atoms with Crippen LogP contribution < -0.4 is 16.0 Å². The molecule has 0 saturated heterocycles. The number of carboxylic acid groups (broad SMARTS) is 1. The van der Waals surface area contributed by atoms with Gasteiger partial charge in [-0.15, -0.1) is 0 Å². The highest BCUT2D eigenvalue weighted by Crippen LogP contribution is 2.19. The second-order valence-electron chi connectivity index (χ2n) is 6.62. The summed E-state index contributed by atoms with van der Waals surface area (Å²) in [6, 6.07) is -2.45. The first-order chi connectivity index (χ1) is 9.45. The lowest BCUT2D eigenvalue weighted by Crippen LogP contribution is -2.55. The van der Waals surface area contributed by atoms with E-state index in [0.717, 1.165) is 0 Å². The molecule has 3 amide bonds. The second-order valence-corrected chi connectivity index (χ2v) is 6.62. The highest BCUT2D eigenvalue weighted by Gasteiger charge is 2.33. The summed E-state index contributed by atoms with van der Waals surface area (Å²) in [4.78, 5) is 34.7. The molecule has 0 aliphatic rings. The summed E-state index contributed by atoms with van der Waals surface area (Å²) in [5, 5.41) is 16.6. The maximum Gasteiger partial charge on any atom is 0.326 e. The van der Waals surface area contributed by atoms with Gasteiger partial charge in [-0.05, 0) is 18.3 Å². The number of aliphatic carboxylic acids is 1. The topological polar surface area (TPSA) is 108 Å². The molecule has 0 bridgehead atoms. The highest BCUT2D eigenvalue weighted by molar-refractivity contribution is 5.88. The van der Waals surface area contributed by atoms with Crippen LogP contribution in [0.2, 0.25) is 0 Å². The van der Waals surface area contributed by atoms with Crippen molar-refractivity contribution in [3.8, 4) is 0 Å². The summed E-state index contributed by atoms with van der Waals surface area (Å²) in [6.07, 6.45) is 0. The monoisotopic (exact) mass is 301 g/mol. The zero-order valence-corrected chi connectivity index (χ0v) is 13.6. The van der Waals surface area contributed by atoms with Crippen LogP contribution in [0.3, 0.4) is 0 Å². The number of hydrogen-bond donors (Lipinski definition) is 4. The van der Waals surface area contributed by atoms with Gasteiger partial charge in [-0.25, -0.2) is 9.59 Å². The Labute approximate surface area is 125 Å². The summed E-state index contributed by atoms with van der Waals surface area (Å²) >= 11 is 0. The number of nitrogens with one attached hydrogen (secondary N) is 3. The summed E-state index contributed by atoms with van der Waals surface area (Å²) in [5.41, 5.74) is -0.633. The Morgan fingerprint density at radius 3 is 1.95 bits per heavy atom. The predicted octanol–water partition coefficient (Wildman–Crippen LogP) is 0.946. The van der Waals surface area contributed by atoms with E-state index >= 15 is 0 Å². The van der Waals surface area contributed by atoms with E-state index in [2.05, 4.69) is 16.0 Å². The number of amides is 3. The molecule has 0 saturated carbocycles. The Morgan fingerprint density at radius 2 is 1.57 bits per heavy atom. The van der Waals surface area contributed by atoms with Crippen molar-refractivity contribution in [3.63, 3.8) is 0 Å². The Morgan fingerprint density at radius 1 is 1.05 bits per heavy atom. The number of rotatable bonds is 6. The molecule has 4 N–H and O–H groups in total. The van der Waals surface area contributed by atoms with Gasteiger partial charge in [0.15, 0.2) is 0 Å². The molecule has 0 aromatic heterocycles. The third-order valence-corrected chi connectivity index (χ3v) is 2.81. The van der Waals surface area contributed by atoms with Gasteiger partial charge < -0.3 is 21.1 Å². The smallest absolute Gasteiger partial charge is 0.326 e. The van der Waals surface area contributed by atoms with Crippen molar-refractivity contribution in [2.75, 3.05) is 6.54 Å². The van der Waals surface area contributed by atoms with Crippen LogP contribution in [0.1, 0.15) is 41.5 Å². The fraction of sp³-hybridized carbons (Fsp3) is 0.786. The van der Waals surface area contributed by atoms with Gasteiger partial charge in [0.2, 0.25) is 5.91 Å². The Hall–Kier alpha value is -1.79. The molecule has 7 heteroatoms. The fourth-order valence-corrected chi connectivity index (χ4v) is 1.54. The molecule has 0 spiro atoms. The van der Waals surface area contributed by atoms with E-state index in [9.17, 15) is 14.4 Å². The van der Waals surface area contributed by atoms with Gasteiger partial charge >= 0.3 is 12.0 Å². The maximum absolute atomic E-state index is 11.8. The zero-order valence-electron chi connectivity index (χ0n) is 13.6. The van der Waals surface area contributed by atoms with Crippen molar-refractivity contribution in [3.05, 3.63) is 0 Å². The van der Waals surface area contributed by atoms with Crippen LogP contribution in [0.4, 0.5) is 4.79 Å². The lowest BCUT2D eigenvalue weighted by molar-refractivity contribution is -0.141. The normalized spacial score (nSPS) is 14.2. The first kappa shape index (κ1) is 19.2. The van der Waals surface area contributed by atoms with Crippen LogP contribution in [0.25, 0.3) is 0 Å². The molecule has 21 heavy (non-hydrogen) atoms. The largest absolute Gasteiger partial charge is 0.480 e. The molecular weight excluding hydrogens is 274 g/mol. The fourth-order valence-electron chi connectivity index (χ4n) is 1.54. The molecule has 0 aromatic rings. The molecule has 0 radical (unpaired) electrons. The molecule has 0 heterocycles. The number of hydrogen-bond acceptors (Lipinski definition) is 3. The summed E-state index contributed by atoms with van der Waals surface area (Å²) in [6.45, 7) is 11.1. The van der Waals surface area contributed by atoms with Crippen molar-refractivity contribution in [1.29, 1.82) is 0 Å². The van der Waals surface area contributed by atoms with Crippen LogP contribution in [0.15, 0.2) is 0 Å². The quantitative estimate of drug-likeness (QED) is 0.585. The second kappa shape index (κ2) is 7.85. The third-order valence-electron chi connectivity index (χ3n) is 2.81. The maximum atomic E-state index is 11.8. The lowest BCUT2D eigenvalue weighted by Gasteiger charge is -2.28. The lowest BCUT2D eigenvalue weighted by atomic mass is 9.87. The Kier molecular flexibility index (Phi) is 7.18. The van der Waals surface area contributed by atoms with E-state index in [-0.39, 0.29) is 5.91 Å². The van der Waals surface area contributed by atoms with Crippen LogP contribution >= 0.6 is 0 Å². The third kappa shape index (κ3) is 7.53. The van der Waals surface area contributed by atoms with Crippen molar-refractivity contribution < 1.29 is 19.5 Å². The number of carbonyl (C=O) groups excluding carboxylic acids is 2. The highest BCUT2D eigenvalue weighted by atomic mass is 16.4. The zero-order chi connectivity index (χ0) is 16.8. The molecule has 122 valence electrons. The van der Waals surface area contributed by atoms with E-state index in [1.807, 2.05) is 13.8 Å². The molecule has 0 aromatic carbocycles. The van der Waals surface area contributed by atoms with Gasteiger partial charge in [0.25, 0.3) is 0 Å². The van der Waals surface area contributed by atoms with Gasteiger partial charge in [-0.3, -0.25) is 4.79 Å². The summed E-state index contributed by atoms with van der Waals surface area (Å²) in [7, 11) is 0. The summed E-state index contributed by atoms with van der Waals surface area (Å²) in [5.74, 6) is -1.11. The predicted molar refractivity (Wildman–Crippen MR) is 79.9 cm³/mol. The number of urea groups is 1. The van der Waals surface area contributed by atoms with E-state index in [0.29, 0.717) is 12.5 Å². The minimum atomic E-state index is -1.12. The first-order valence-corrected chi connectivity index (χ1v) is 7.02. The molecule has 2 atom stereocenters. The van der Waals surface area contributed by atoms with Crippen LogP contribution in [0.5, 0.6) is 0 Å². The van der Waals surface area contributed by atoms with Gasteiger partial charge in [0.1, 0.15) is 12.1 Å². The minimum Gasteiger partial charge on any atom is -0.480 e. The Balaban J connectivity index is 4.48. The van der Waals surface area contributed by atoms with Crippen molar-refractivity contribution in [1.82, 2.24) is 16.0 Å². The van der Waals surface area contributed by atoms with Crippen molar-refractivity contribution >= 4 is 17.9 Å². The van der Waals surface area contributed by atoms with Crippen LogP contribution in [-0.2, 0) is 9.59 Å². The van der Waals surface area contributed by atoms with Crippen molar-refractivity contribution in [2.24, 2.45) is 11.3 Å². The van der Waals surface area contributed by atoms with E-state index in [1.165, 1.54) is 0 Å². The number of carboxylic acids is 1. The minimum absolute atomic E-state index is 0.304. The van der Waals surface area contributed by atoms with Gasteiger partial charge in [0.05, 0.1) is 0 Å². The van der Waals surface area contributed by atoms with E-state index < -0.39 is 29.5 Å². The Bertz CT molecular complexity index is 388. The van der Waals surface area contributed by atoms with Crippen LogP contribution in [-0.4, -0.2) is 41.6 Å². The molecule has 0 fully saturated rings. The average Bonchev–Trinajstić information content (AvgIpc) is 2.30. The molecule has 1 unspecified atom stereocenters. The molecule has 0 rings (SSSR count). The molecular formula is C14H27N3O4. The van der Waals surface area contributed by atoms with Gasteiger partial charge in [-0.2, -0.15) is 0 Å². The average molecular weight is 301 g/mol. The SMILES string of the molecule is CC(C)CNC(=O)C(C)NC(=O)N[C@H](C(=O)O)C(C)(C)C. The van der Waals surface area contributed by atoms with Gasteiger partial charge in [0, 0.05) is 6.54 Å².